The van der Waals surface area contributed by atoms with Gasteiger partial charge in [-0.25, -0.2) is 4.98 Å². The molecule has 0 bridgehead atoms. The van der Waals surface area contributed by atoms with E-state index >= 15 is 0 Å². The van der Waals surface area contributed by atoms with Crippen molar-refractivity contribution in [2.45, 2.75) is 12.8 Å². The lowest BCUT2D eigenvalue weighted by atomic mass is 10.2. The molecule has 0 saturated carbocycles. The highest BCUT2D eigenvalue weighted by Gasteiger charge is 2.15. The second-order valence-corrected chi connectivity index (χ2v) is 6.24. The Hall–Kier alpha value is -1.22. The minimum absolute atomic E-state index is 0.109. The number of hydrogen-bond acceptors (Lipinski definition) is 5. The van der Waals surface area contributed by atoms with Crippen molar-refractivity contribution in [3.8, 4) is 0 Å². The highest BCUT2D eigenvalue weighted by Crippen LogP contribution is 2.27. The summed E-state index contributed by atoms with van der Waals surface area (Å²) in [6.45, 7) is 2.67. The van der Waals surface area contributed by atoms with Crippen LogP contribution < -0.4 is 5.32 Å². The van der Waals surface area contributed by atoms with Gasteiger partial charge in [0.1, 0.15) is 5.69 Å². The van der Waals surface area contributed by atoms with Gasteiger partial charge in [0.25, 0.3) is 5.69 Å². The summed E-state index contributed by atoms with van der Waals surface area (Å²) in [5.41, 5.74) is 0.659. The van der Waals surface area contributed by atoms with E-state index in [4.69, 9.17) is 0 Å². The summed E-state index contributed by atoms with van der Waals surface area (Å²) in [7, 11) is 0. The molecule has 19 heavy (non-hydrogen) atoms. The first-order valence-electron chi connectivity index (χ1n) is 5.65. The Labute approximate surface area is 128 Å². The van der Waals surface area contributed by atoms with Crippen molar-refractivity contribution in [2.24, 2.45) is 0 Å². The molecule has 0 amide bonds. The van der Waals surface area contributed by atoms with Crippen LogP contribution in [0.2, 0.25) is 0 Å². The highest BCUT2D eigenvalue weighted by atomic mass is 127. The van der Waals surface area contributed by atoms with E-state index in [1.165, 1.54) is 0 Å². The van der Waals surface area contributed by atoms with Crippen LogP contribution in [0.3, 0.4) is 0 Å². The average Bonchev–Trinajstić information content (AvgIpc) is 2.90. The predicted molar refractivity (Wildman–Crippen MR) is 84.8 cm³/mol. The van der Waals surface area contributed by atoms with Crippen molar-refractivity contribution in [3.05, 3.63) is 48.5 Å². The molecule has 1 aromatic carbocycles. The van der Waals surface area contributed by atoms with Crippen molar-refractivity contribution in [1.82, 2.24) is 4.98 Å². The minimum atomic E-state index is -0.363. The van der Waals surface area contributed by atoms with Gasteiger partial charge in [-0.3, -0.25) is 10.1 Å². The molecule has 0 aliphatic carbocycles. The van der Waals surface area contributed by atoms with E-state index in [9.17, 15) is 10.1 Å². The summed E-state index contributed by atoms with van der Waals surface area (Å²) in [5.74, 6) is 0.221. The Bertz CT molecular complexity index is 574. The summed E-state index contributed by atoms with van der Waals surface area (Å²) >= 11 is 3.66. The highest BCUT2D eigenvalue weighted by molar-refractivity contribution is 14.1. The lowest BCUT2D eigenvalue weighted by Gasteiger charge is -2.11. The van der Waals surface area contributed by atoms with E-state index in [2.05, 4.69) is 32.9 Å². The first-order chi connectivity index (χ1) is 9.08. The third-order valence-electron chi connectivity index (χ3n) is 2.63. The van der Waals surface area contributed by atoms with Crippen LogP contribution >= 0.6 is 33.9 Å². The minimum Gasteiger partial charge on any atom is -0.379 e. The van der Waals surface area contributed by atoms with Gasteiger partial charge in [0, 0.05) is 33.7 Å². The van der Waals surface area contributed by atoms with E-state index in [0.29, 0.717) is 12.2 Å². The van der Waals surface area contributed by atoms with E-state index < -0.39 is 0 Å². The first kappa shape index (κ1) is 14.2. The summed E-state index contributed by atoms with van der Waals surface area (Å²) < 4.78 is 0.850. The molecule has 1 unspecified atom stereocenters. The molecule has 5 nitrogen and oxygen atoms in total. The number of anilines is 1. The number of nitrogens with one attached hydrogen (secondary N) is 1. The van der Waals surface area contributed by atoms with E-state index in [1.54, 1.807) is 29.7 Å². The molecule has 0 saturated heterocycles. The lowest BCUT2D eigenvalue weighted by molar-refractivity contribution is -0.384. The Kier molecular flexibility index (Phi) is 4.70. The van der Waals surface area contributed by atoms with Crippen LogP contribution in [0.5, 0.6) is 0 Å². The molecule has 0 radical (unpaired) electrons. The van der Waals surface area contributed by atoms with Crippen molar-refractivity contribution >= 4 is 45.3 Å². The van der Waals surface area contributed by atoms with Crippen LogP contribution in [-0.4, -0.2) is 16.5 Å². The van der Waals surface area contributed by atoms with Gasteiger partial charge < -0.3 is 5.32 Å². The topological polar surface area (TPSA) is 68.1 Å². The summed E-state index contributed by atoms with van der Waals surface area (Å²) in [5, 5.41) is 17.1. The number of halogens is 1. The van der Waals surface area contributed by atoms with Gasteiger partial charge in [0.2, 0.25) is 0 Å². The Morgan fingerprint density at radius 3 is 3.00 bits per heavy atom. The molecule has 1 N–H and O–H groups in total. The quantitative estimate of drug-likeness (QED) is 0.479. The second-order valence-electron chi connectivity index (χ2n) is 4.07. The normalized spacial score (nSPS) is 12.1. The van der Waals surface area contributed by atoms with Crippen LogP contribution in [0.1, 0.15) is 17.8 Å². The molecule has 7 heteroatoms. The average molecular weight is 389 g/mol. The number of thiazole rings is 1. The van der Waals surface area contributed by atoms with Crippen LogP contribution in [0.15, 0.2) is 29.8 Å². The third kappa shape index (κ3) is 3.63. The molecule has 1 aromatic heterocycles. The molecule has 0 aliphatic heterocycles. The fourth-order valence-corrected chi connectivity index (χ4v) is 2.81. The maximum atomic E-state index is 11.0. The van der Waals surface area contributed by atoms with E-state index in [-0.39, 0.29) is 16.5 Å². The van der Waals surface area contributed by atoms with Gasteiger partial charge in [-0.05, 0) is 34.7 Å². The zero-order valence-corrected chi connectivity index (χ0v) is 13.1. The van der Waals surface area contributed by atoms with Gasteiger partial charge in [-0.2, -0.15) is 0 Å². The van der Waals surface area contributed by atoms with Crippen LogP contribution in [0.25, 0.3) is 0 Å². The van der Waals surface area contributed by atoms with E-state index in [1.807, 2.05) is 18.4 Å². The first-order valence-corrected chi connectivity index (χ1v) is 7.61. The molecule has 0 fully saturated rings. The lowest BCUT2D eigenvalue weighted by Crippen LogP contribution is -2.11. The van der Waals surface area contributed by atoms with Crippen molar-refractivity contribution in [1.29, 1.82) is 0 Å². The fourth-order valence-electron chi connectivity index (χ4n) is 1.63. The van der Waals surface area contributed by atoms with E-state index in [0.717, 1.165) is 8.58 Å². The molecular formula is C12H12IN3O2S. The van der Waals surface area contributed by atoms with Gasteiger partial charge in [-0.15, -0.1) is 11.3 Å². The zero-order chi connectivity index (χ0) is 13.8. The van der Waals surface area contributed by atoms with Crippen LogP contribution in [0.4, 0.5) is 11.4 Å². The van der Waals surface area contributed by atoms with Gasteiger partial charge in [0.05, 0.1) is 9.93 Å². The smallest absolute Gasteiger partial charge is 0.293 e. The molecule has 1 heterocycles. The van der Waals surface area contributed by atoms with Gasteiger partial charge in [0.15, 0.2) is 0 Å². The van der Waals surface area contributed by atoms with Crippen molar-refractivity contribution in [3.63, 3.8) is 0 Å². The van der Waals surface area contributed by atoms with Gasteiger partial charge in [-0.1, -0.05) is 6.92 Å². The SMILES string of the molecule is CC(CNc1ccc(I)cc1[N+](=O)[O-])c1nccs1. The van der Waals surface area contributed by atoms with Crippen LogP contribution in [0, 0.1) is 13.7 Å². The van der Waals surface area contributed by atoms with Crippen molar-refractivity contribution in [2.75, 3.05) is 11.9 Å². The Morgan fingerprint density at radius 2 is 2.37 bits per heavy atom. The maximum Gasteiger partial charge on any atom is 0.293 e. The predicted octanol–water partition coefficient (Wildman–Crippen LogP) is 3.87. The Morgan fingerprint density at radius 1 is 1.58 bits per heavy atom. The molecule has 2 aromatic rings. The number of rotatable bonds is 5. The molecule has 1 atom stereocenters. The molecule has 0 aliphatic rings. The molecular weight excluding hydrogens is 377 g/mol. The monoisotopic (exact) mass is 389 g/mol. The second kappa shape index (κ2) is 6.29. The number of nitro groups is 1. The summed E-state index contributed by atoms with van der Waals surface area (Å²) in [6, 6.07) is 5.16. The number of hydrogen-bond donors (Lipinski definition) is 1. The number of aromatic nitrogens is 1. The maximum absolute atomic E-state index is 11.0. The fraction of sp³-hybridized carbons (Fsp3) is 0.250. The summed E-state index contributed by atoms with van der Waals surface area (Å²) in [6.07, 6.45) is 1.77. The largest absolute Gasteiger partial charge is 0.379 e. The standard InChI is InChI=1S/C12H12IN3O2S/c1-8(12-14-4-5-19-12)7-15-10-3-2-9(13)6-11(10)16(17)18/h2-6,8,15H,7H2,1H3. The van der Waals surface area contributed by atoms with Gasteiger partial charge >= 0.3 is 0 Å². The number of nitrogens with zero attached hydrogens (tertiary/aromatic N) is 2. The molecule has 0 spiro atoms. The number of benzene rings is 1. The third-order valence-corrected chi connectivity index (χ3v) is 4.31. The number of nitro benzene ring substituents is 1. The van der Waals surface area contributed by atoms with Crippen molar-refractivity contribution < 1.29 is 4.92 Å². The Balaban J connectivity index is 2.09. The molecule has 2 rings (SSSR count). The zero-order valence-electron chi connectivity index (χ0n) is 10.2. The van der Waals surface area contributed by atoms with Crippen LogP contribution in [-0.2, 0) is 0 Å². The summed E-state index contributed by atoms with van der Waals surface area (Å²) in [4.78, 5) is 14.9. The molecule has 100 valence electrons.